The molecule has 0 saturated carbocycles. The molecule has 0 saturated heterocycles. The maximum Gasteiger partial charge on any atom is 0.319 e. The minimum Gasteiger partial charge on any atom is -0.493 e. The van der Waals surface area contributed by atoms with Gasteiger partial charge in [0.15, 0.2) is 11.5 Å². The molecule has 0 radical (unpaired) electrons. The molecule has 0 aliphatic carbocycles. The van der Waals surface area contributed by atoms with E-state index in [1.807, 2.05) is 29.1 Å². The number of para-hydroxylation sites is 1. The second-order valence-corrected chi connectivity index (χ2v) is 7.10. The van der Waals surface area contributed by atoms with Crippen LogP contribution in [0.5, 0.6) is 11.5 Å². The first-order chi connectivity index (χ1) is 11.9. The number of nitrogens with zero attached hydrogens (tertiary/aromatic N) is 2. The Morgan fingerprint density at radius 1 is 1.40 bits per heavy atom. The zero-order chi connectivity index (χ0) is 18.0. The highest BCUT2D eigenvalue weighted by atomic mass is 16.5. The van der Waals surface area contributed by atoms with E-state index in [0.717, 1.165) is 17.1 Å². The first kappa shape index (κ1) is 17.1. The number of aromatic nitrogens is 2. The number of hydrogen-bond donors (Lipinski definition) is 2. The Balaban J connectivity index is 1.60. The summed E-state index contributed by atoms with van der Waals surface area (Å²) in [5.41, 5.74) is 1.55. The van der Waals surface area contributed by atoms with Crippen molar-refractivity contribution >= 4 is 11.7 Å². The van der Waals surface area contributed by atoms with Crippen molar-refractivity contribution in [3.63, 3.8) is 0 Å². The molecule has 1 aromatic heterocycles. The molecule has 134 valence electrons. The van der Waals surface area contributed by atoms with E-state index in [9.17, 15) is 4.79 Å². The third-order valence-electron chi connectivity index (χ3n) is 4.04. The average Bonchev–Trinajstić information content (AvgIpc) is 3.02. The van der Waals surface area contributed by atoms with E-state index in [1.54, 1.807) is 13.3 Å². The zero-order valence-electron chi connectivity index (χ0n) is 15.0. The van der Waals surface area contributed by atoms with Gasteiger partial charge in [0, 0.05) is 11.8 Å². The Bertz CT molecular complexity index is 764. The number of fused-ring (bicyclic) bond motifs is 1. The summed E-state index contributed by atoms with van der Waals surface area (Å²) < 4.78 is 12.9. The summed E-state index contributed by atoms with van der Waals surface area (Å²) in [6.45, 7) is 6.56. The van der Waals surface area contributed by atoms with Gasteiger partial charge in [-0.1, -0.05) is 12.1 Å². The predicted octanol–water partition coefficient (Wildman–Crippen LogP) is 2.77. The zero-order valence-corrected chi connectivity index (χ0v) is 15.0. The molecular formula is C18H24N4O3. The van der Waals surface area contributed by atoms with Crippen LogP contribution in [0.15, 0.2) is 30.6 Å². The molecular weight excluding hydrogens is 320 g/mol. The summed E-state index contributed by atoms with van der Waals surface area (Å²) in [6, 6.07) is 5.40. The summed E-state index contributed by atoms with van der Waals surface area (Å²) in [4.78, 5) is 12.2. The Kier molecular flexibility index (Phi) is 4.57. The molecule has 1 aliphatic heterocycles. The summed E-state index contributed by atoms with van der Waals surface area (Å²) in [5.74, 6) is 1.48. The van der Waals surface area contributed by atoms with Gasteiger partial charge in [0.05, 0.1) is 30.6 Å². The number of nitrogens with one attached hydrogen (secondary N) is 2. The predicted molar refractivity (Wildman–Crippen MR) is 95.4 cm³/mol. The van der Waals surface area contributed by atoms with Crippen molar-refractivity contribution in [3.05, 3.63) is 36.2 Å². The molecule has 1 unspecified atom stereocenters. The number of ether oxygens (including phenoxy) is 2. The quantitative estimate of drug-likeness (QED) is 0.897. The van der Waals surface area contributed by atoms with Crippen molar-refractivity contribution in [2.24, 2.45) is 0 Å². The van der Waals surface area contributed by atoms with Crippen molar-refractivity contribution in [1.82, 2.24) is 15.1 Å². The maximum atomic E-state index is 12.2. The number of hydrogen-bond acceptors (Lipinski definition) is 4. The van der Waals surface area contributed by atoms with Gasteiger partial charge in [0.1, 0.15) is 6.61 Å². The van der Waals surface area contributed by atoms with Crippen LogP contribution in [0.25, 0.3) is 0 Å². The molecule has 1 atom stereocenters. The highest BCUT2D eigenvalue weighted by Crippen LogP contribution is 2.34. The second kappa shape index (κ2) is 6.66. The smallest absolute Gasteiger partial charge is 0.319 e. The third-order valence-corrected chi connectivity index (χ3v) is 4.04. The second-order valence-electron chi connectivity index (χ2n) is 7.10. The molecule has 2 N–H and O–H groups in total. The Hall–Kier alpha value is -2.70. The van der Waals surface area contributed by atoms with Crippen LogP contribution in [-0.2, 0) is 12.0 Å². The van der Waals surface area contributed by atoms with Crippen LogP contribution in [0, 0.1) is 0 Å². The van der Waals surface area contributed by atoms with Crippen molar-refractivity contribution in [3.8, 4) is 11.5 Å². The SMILES string of the molecule is COc1cccc2c1OCC(NC(=O)Nc1cnn(C(C)(C)C)c1)C2. The lowest BCUT2D eigenvalue weighted by Gasteiger charge is -2.27. The largest absolute Gasteiger partial charge is 0.493 e. The van der Waals surface area contributed by atoms with E-state index in [1.165, 1.54) is 0 Å². The molecule has 2 heterocycles. The van der Waals surface area contributed by atoms with Crippen LogP contribution in [0.4, 0.5) is 10.5 Å². The minimum atomic E-state index is -0.270. The molecule has 0 spiro atoms. The van der Waals surface area contributed by atoms with Crippen LogP contribution in [0.3, 0.4) is 0 Å². The number of anilines is 1. The van der Waals surface area contributed by atoms with E-state index in [4.69, 9.17) is 9.47 Å². The first-order valence-corrected chi connectivity index (χ1v) is 8.28. The first-order valence-electron chi connectivity index (χ1n) is 8.28. The van der Waals surface area contributed by atoms with Crippen LogP contribution in [0.1, 0.15) is 26.3 Å². The van der Waals surface area contributed by atoms with Gasteiger partial charge in [-0.3, -0.25) is 4.68 Å². The fourth-order valence-corrected chi connectivity index (χ4v) is 2.75. The number of rotatable bonds is 3. The van der Waals surface area contributed by atoms with E-state index >= 15 is 0 Å². The van der Waals surface area contributed by atoms with Gasteiger partial charge in [-0.05, 0) is 33.3 Å². The van der Waals surface area contributed by atoms with Crippen molar-refractivity contribution < 1.29 is 14.3 Å². The molecule has 1 aliphatic rings. The van der Waals surface area contributed by atoms with E-state index in [2.05, 4.69) is 36.5 Å². The topological polar surface area (TPSA) is 77.4 Å². The lowest BCUT2D eigenvalue weighted by molar-refractivity contribution is 0.217. The van der Waals surface area contributed by atoms with Crippen molar-refractivity contribution in [1.29, 1.82) is 0 Å². The number of methoxy groups -OCH3 is 1. The summed E-state index contributed by atoms with van der Waals surface area (Å²) in [7, 11) is 1.62. The molecule has 2 amide bonds. The van der Waals surface area contributed by atoms with Gasteiger partial charge in [-0.15, -0.1) is 0 Å². The normalized spacial score (nSPS) is 16.6. The highest BCUT2D eigenvalue weighted by Gasteiger charge is 2.24. The van der Waals surface area contributed by atoms with Crippen LogP contribution < -0.4 is 20.1 Å². The third kappa shape index (κ3) is 3.87. The van der Waals surface area contributed by atoms with Crippen molar-refractivity contribution in [2.75, 3.05) is 19.0 Å². The number of carbonyl (C=O) groups is 1. The summed E-state index contributed by atoms with van der Waals surface area (Å²) in [6.07, 6.45) is 4.15. The van der Waals surface area contributed by atoms with Gasteiger partial charge >= 0.3 is 6.03 Å². The number of amides is 2. The van der Waals surface area contributed by atoms with E-state index in [-0.39, 0.29) is 17.6 Å². The standard InChI is InChI=1S/C18H24N4O3/c1-18(2,3)22-10-14(9-19-22)21-17(23)20-13-8-12-6-5-7-15(24-4)16(12)25-11-13/h5-7,9-10,13H,8,11H2,1-4H3,(H2,20,21,23). The van der Waals surface area contributed by atoms with Gasteiger partial charge in [0.2, 0.25) is 0 Å². The van der Waals surface area contributed by atoms with Gasteiger partial charge in [-0.25, -0.2) is 4.79 Å². The van der Waals surface area contributed by atoms with E-state index < -0.39 is 0 Å². The number of benzene rings is 1. The number of urea groups is 1. The Labute approximate surface area is 147 Å². The molecule has 2 aromatic rings. The Morgan fingerprint density at radius 2 is 2.20 bits per heavy atom. The van der Waals surface area contributed by atoms with Gasteiger partial charge in [0.25, 0.3) is 0 Å². The average molecular weight is 344 g/mol. The van der Waals surface area contributed by atoms with Crippen LogP contribution in [0.2, 0.25) is 0 Å². The lowest BCUT2D eigenvalue weighted by Crippen LogP contribution is -2.44. The van der Waals surface area contributed by atoms with Crippen LogP contribution >= 0.6 is 0 Å². The molecule has 25 heavy (non-hydrogen) atoms. The molecule has 0 bridgehead atoms. The lowest BCUT2D eigenvalue weighted by atomic mass is 10.0. The fourth-order valence-electron chi connectivity index (χ4n) is 2.75. The molecule has 3 rings (SSSR count). The monoisotopic (exact) mass is 344 g/mol. The molecule has 0 fully saturated rings. The molecule has 1 aromatic carbocycles. The molecule has 7 nitrogen and oxygen atoms in total. The fraction of sp³-hybridized carbons (Fsp3) is 0.444. The summed E-state index contributed by atoms with van der Waals surface area (Å²) >= 11 is 0. The number of carbonyl (C=O) groups excluding carboxylic acids is 1. The molecule has 7 heteroatoms. The Morgan fingerprint density at radius 3 is 2.88 bits per heavy atom. The van der Waals surface area contributed by atoms with Gasteiger partial charge < -0.3 is 20.1 Å². The highest BCUT2D eigenvalue weighted by molar-refractivity contribution is 5.89. The maximum absolute atomic E-state index is 12.2. The van der Waals surface area contributed by atoms with Crippen molar-refractivity contribution in [2.45, 2.75) is 38.8 Å². The van der Waals surface area contributed by atoms with Crippen LogP contribution in [-0.4, -0.2) is 35.6 Å². The van der Waals surface area contributed by atoms with Gasteiger partial charge in [-0.2, -0.15) is 5.10 Å². The van der Waals surface area contributed by atoms with E-state index in [0.29, 0.717) is 18.7 Å². The minimum absolute atomic E-state index is 0.0998. The summed E-state index contributed by atoms with van der Waals surface area (Å²) in [5, 5.41) is 10.0.